The zero-order chi connectivity index (χ0) is 16.1. The summed E-state index contributed by atoms with van der Waals surface area (Å²) < 4.78 is 10.8. The molecule has 0 spiro atoms. The molecule has 3 heterocycles. The van der Waals surface area contributed by atoms with E-state index >= 15 is 0 Å². The number of amides is 2. The minimum Gasteiger partial charge on any atom is -0.378 e. The van der Waals surface area contributed by atoms with Gasteiger partial charge in [-0.1, -0.05) is 0 Å². The van der Waals surface area contributed by atoms with Gasteiger partial charge in [-0.3, -0.25) is 5.32 Å². The van der Waals surface area contributed by atoms with Crippen LogP contribution in [0.15, 0.2) is 12.4 Å². The van der Waals surface area contributed by atoms with Crippen LogP contribution in [0.2, 0.25) is 0 Å². The molecule has 3 rings (SSSR count). The zero-order valence-corrected chi connectivity index (χ0v) is 13.5. The molecule has 126 valence electrons. The number of anilines is 1. The summed E-state index contributed by atoms with van der Waals surface area (Å²) in [5.41, 5.74) is 0.745. The molecule has 0 radical (unpaired) electrons. The van der Waals surface area contributed by atoms with E-state index in [0.717, 1.165) is 38.2 Å². The summed E-state index contributed by atoms with van der Waals surface area (Å²) in [7, 11) is 1.61. The molecule has 2 aliphatic heterocycles. The minimum absolute atomic E-state index is 0.0992. The first-order chi connectivity index (χ1) is 11.3. The molecule has 1 N–H and O–H groups in total. The normalized spacial score (nSPS) is 22.3. The molecule has 0 bridgehead atoms. The van der Waals surface area contributed by atoms with Crippen LogP contribution < -0.4 is 5.32 Å². The summed E-state index contributed by atoms with van der Waals surface area (Å²) in [6.07, 6.45) is 6.20. The van der Waals surface area contributed by atoms with Crippen molar-refractivity contribution in [3.8, 4) is 0 Å². The van der Waals surface area contributed by atoms with Crippen LogP contribution >= 0.6 is 0 Å². The Bertz CT molecular complexity index is 526. The molecule has 0 aromatic carbocycles. The van der Waals surface area contributed by atoms with Gasteiger partial charge in [-0.2, -0.15) is 0 Å². The van der Waals surface area contributed by atoms with Crippen molar-refractivity contribution in [2.24, 2.45) is 5.92 Å². The van der Waals surface area contributed by atoms with E-state index in [9.17, 15) is 4.79 Å². The first-order valence-electron chi connectivity index (χ1n) is 8.23. The lowest BCUT2D eigenvalue weighted by atomic mass is 9.90. The second-order valence-corrected chi connectivity index (χ2v) is 6.13. The summed E-state index contributed by atoms with van der Waals surface area (Å²) >= 11 is 0. The highest BCUT2D eigenvalue weighted by molar-refractivity contribution is 5.88. The lowest BCUT2D eigenvalue weighted by Gasteiger charge is -2.34. The summed E-state index contributed by atoms with van der Waals surface area (Å²) in [5.74, 6) is 1.10. The Labute approximate surface area is 136 Å². The second-order valence-electron chi connectivity index (χ2n) is 6.13. The number of piperidine rings is 1. The number of carbonyl (C=O) groups is 1. The van der Waals surface area contributed by atoms with Crippen LogP contribution in [0, 0.1) is 5.92 Å². The van der Waals surface area contributed by atoms with Gasteiger partial charge in [0.05, 0.1) is 18.4 Å². The highest BCUT2D eigenvalue weighted by Gasteiger charge is 2.30. The van der Waals surface area contributed by atoms with Gasteiger partial charge in [-0.05, 0) is 31.6 Å². The van der Waals surface area contributed by atoms with E-state index in [1.807, 2.05) is 4.90 Å². The van der Waals surface area contributed by atoms with Gasteiger partial charge in [0.1, 0.15) is 12.1 Å². The van der Waals surface area contributed by atoms with Gasteiger partial charge in [0.15, 0.2) is 0 Å². The second kappa shape index (κ2) is 7.70. The highest BCUT2D eigenvalue weighted by Crippen LogP contribution is 2.29. The number of nitrogens with one attached hydrogen (secondary N) is 1. The fraction of sp³-hybridized carbons (Fsp3) is 0.688. The van der Waals surface area contributed by atoms with E-state index in [-0.39, 0.29) is 6.03 Å². The van der Waals surface area contributed by atoms with E-state index in [1.54, 1.807) is 13.2 Å². The Kier molecular flexibility index (Phi) is 5.40. The van der Waals surface area contributed by atoms with Gasteiger partial charge >= 0.3 is 6.03 Å². The average Bonchev–Trinajstić information content (AvgIpc) is 3.10. The Morgan fingerprint density at radius 2 is 2.22 bits per heavy atom. The first kappa shape index (κ1) is 16.1. The maximum absolute atomic E-state index is 12.4. The molecule has 0 aliphatic carbocycles. The largest absolute Gasteiger partial charge is 0.378 e. The monoisotopic (exact) mass is 320 g/mol. The first-order valence-corrected chi connectivity index (χ1v) is 8.23. The number of hydrogen-bond acceptors (Lipinski definition) is 5. The van der Waals surface area contributed by atoms with Gasteiger partial charge < -0.3 is 14.4 Å². The Balaban J connectivity index is 1.50. The van der Waals surface area contributed by atoms with Crippen molar-refractivity contribution in [2.75, 3.05) is 32.1 Å². The number of ether oxygens (including phenoxy) is 2. The number of nitrogens with zero attached hydrogens (tertiary/aromatic N) is 3. The standard InChI is InChI=1S/C16H24N4O3/c1-22-10-13-9-15(18-11-17-13)19-16(21)20-6-4-12(5-7-20)14-3-2-8-23-14/h9,11-12,14H,2-8,10H2,1H3,(H,17,18,19,21). The minimum atomic E-state index is -0.0992. The van der Waals surface area contributed by atoms with Crippen molar-refractivity contribution in [1.82, 2.24) is 14.9 Å². The zero-order valence-electron chi connectivity index (χ0n) is 13.5. The summed E-state index contributed by atoms with van der Waals surface area (Å²) in [5, 5.41) is 2.84. The quantitative estimate of drug-likeness (QED) is 0.919. The molecule has 2 aliphatic rings. The van der Waals surface area contributed by atoms with Crippen molar-refractivity contribution >= 4 is 11.8 Å². The Hall–Kier alpha value is -1.73. The average molecular weight is 320 g/mol. The fourth-order valence-electron chi connectivity index (χ4n) is 3.33. The maximum Gasteiger partial charge on any atom is 0.323 e. The highest BCUT2D eigenvalue weighted by atomic mass is 16.5. The van der Waals surface area contributed by atoms with Crippen molar-refractivity contribution in [1.29, 1.82) is 0 Å². The van der Waals surface area contributed by atoms with Crippen LogP contribution in [-0.4, -0.2) is 53.8 Å². The number of carbonyl (C=O) groups excluding carboxylic acids is 1. The predicted octanol–water partition coefficient (Wildman–Crippen LogP) is 2.05. The molecular formula is C16H24N4O3. The van der Waals surface area contributed by atoms with Gasteiger partial charge in [0.2, 0.25) is 0 Å². The topological polar surface area (TPSA) is 76.6 Å². The molecule has 0 saturated carbocycles. The van der Waals surface area contributed by atoms with E-state index in [0.29, 0.717) is 24.4 Å². The molecule has 1 aromatic rings. The lowest BCUT2D eigenvalue weighted by molar-refractivity contribution is 0.0382. The van der Waals surface area contributed by atoms with E-state index in [1.165, 1.54) is 19.2 Å². The summed E-state index contributed by atoms with van der Waals surface area (Å²) in [6, 6.07) is 1.64. The number of likely N-dealkylation sites (tertiary alicyclic amines) is 1. The summed E-state index contributed by atoms with van der Waals surface area (Å²) in [4.78, 5) is 22.4. The van der Waals surface area contributed by atoms with Crippen molar-refractivity contribution in [2.45, 2.75) is 38.4 Å². The molecule has 2 amide bonds. The van der Waals surface area contributed by atoms with Crippen LogP contribution in [0.5, 0.6) is 0 Å². The van der Waals surface area contributed by atoms with Crippen LogP contribution in [-0.2, 0) is 16.1 Å². The molecular weight excluding hydrogens is 296 g/mol. The molecule has 7 heteroatoms. The van der Waals surface area contributed by atoms with Crippen molar-refractivity contribution in [3.05, 3.63) is 18.1 Å². The van der Waals surface area contributed by atoms with Gasteiger partial charge in [0, 0.05) is 32.9 Å². The number of hydrogen-bond donors (Lipinski definition) is 1. The number of rotatable bonds is 4. The van der Waals surface area contributed by atoms with Crippen LogP contribution in [0.3, 0.4) is 0 Å². The van der Waals surface area contributed by atoms with Gasteiger partial charge in [0.25, 0.3) is 0 Å². The molecule has 2 saturated heterocycles. The van der Waals surface area contributed by atoms with Crippen LogP contribution in [0.4, 0.5) is 10.6 Å². The smallest absolute Gasteiger partial charge is 0.323 e. The van der Waals surface area contributed by atoms with Crippen molar-refractivity contribution in [3.63, 3.8) is 0 Å². The lowest BCUT2D eigenvalue weighted by Crippen LogP contribution is -2.43. The molecule has 7 nitrogen and oxygen atoms in total. The number of methoxy groups -OCH3 is 1. The molecule has 1 atom stereocenters. The third-order valence-corrected chi connectivity index (χ3v) is 4.57. The number of urea groups is 1. The fourth-order valence-corrected chi connectivity index (χ4v) is 3.33. The molecule has 2 fully saturated rings. The van der Waals surface area contributed by atoms with Gasteiger partial charge in [-0.15, -0.1) is 0 Å². The molecule has 23 heavy (non-hydrogen) atoms. The third kappa shape index (κ3) is 4.17. The van der Waals surface area contributed by atoms with E-state index < -0.39 is 0 Å². The number of aromatic nitrogens is 2. The molecule has 1 aromatic heterocycles. The maximum atomic E-state index is 12.4. The summed E-state index contributed by atoms with van der Waals surface area (Å²) in [6.45, 7) is 2.83. The SMILES string of the molecule is COCc1cc(NC(=O)N2CCC(C3CCCO3)CC2)ncn1. The Morgan fingerprint density at radius 1 is 1.39 bits per heavy atom. The van der Waals surface area contributed by atoms with Crippen molar-refractivity contribution < 1.29 is 14.3 Å². The third-order valence-electron chi connectivity index (χ3n) is 4.57. The van der Waals surface area contributed by atoms with Crippen LogP contribution in [0.25, 0.3) is 0 Å². The predicted molar refractivity (Wildman–Crippen MR) is 85.0 cm³/mol. The van der Waals surface area contributed by atoms with Crippen LogP contribution in [0.1, 0.15) is 31.4 Å². The van der Waals surface area contributed by atoms with E-state index in [2.05, 4.69) is 15.3 Å². The molecule has 1 unspecified atom stereocenters. The Morgan fingerprint density at radius 3 is 2.91 bits per heavy atom. The van der Waals surface area contributed by atoms with Gasteiger partial charge in [-0.25, -0.2) is 14.8 Å². The van der Waals surface area contributed by atoms with E-state index in [4.69, 9.17) is 9.47 Å².